The van der Waals surface area contributed by atoms with Gasteiger partial charge in [0.25, 0.3) is 0 Å². The Morgan fingerprint density at radius 1 is 1.40 bits per heavy atom. The first-order chi connectivity index (χ1) is 11.9. The molecule has 1 fully saturated rings. The maximum absolute atomic E-state index is 12.1. The molecule has 0 amide bonds. The fourth-order valence-electron chi connectivity index (χ4n) is 2.96. The Bertz CT molecular complexity index is 681. The van der Waals surface area contributed by atoms with Gasteiger partial charge >= 0.3 is 5.97 Å². The number of nitrogens with two attached hydrogens (primary N) is 1. The van der Waals surface area contributed by atoms with E-state index in [1.165, 1.54) is 0 Å². The Hall–Kier alpha value is -2.39. The van der Waals surface area contributed by atoms with Gasteiger partial charge in [-0.3, -0.25) is 4.79 Å². The lowest BCUT2D eigenvalue weighted by atomic mass is 9.78. The van der Waals surface area contributed by atoms with E-state index in [0.717, 1.165) is 30.4 Å². The third-order valence-electron chi connectivity index (χ3n) is 4.62. The largest absolute Gasteiger partial charge is 0.482 e. The van der Waals surface area contributed by atoms with Gasteiger partial charge in [0.15, 0.2) is 6.10 Å². The number of carbonyl (C=O) groups is 1. The molecule has 2 rings (SSSR count). The molecule has 6 nitrogen and oxygen atoms in total. The third kappa shape index (κ3) is 4.18. The highest BCUT2D eigenvalue weighted by atomic mass is 16.5. The molecule has 1 aliphatic rings. The summed E-state index contributed by atoms with van der Waals surface area (Å²) in [4.78, 5) is 12.1. The van der Waals surface area contributed by atoms with Crippen LogP contribution in [0.2, 0.25) is 0 Å². The van der Waals surface area contributed by atoms with Gasteiger partial charge in [0.05, 0.1) is 24.0 Å². The number of rotatable bonds is 7. The summed E-state index contributed by atoms with van der Waals surface area (Å²) < 4.78 is 11.0. The van der Waals surface area contributed by atoms with E-state index in [9.17, 15) is 10.1 Å². The number of ether oxygens (including phenoxy) is 2. The second kappa shape index (κ2) is 8.13. The van der Waals surface area contributed by atoms with Crippen LogP contribution in [0.5, 0.6) is 5.75 Å². The van der Waals surface area contributed by atoms with Crippen LogP contribution in [0.1, 0.15) is 42.9 Å². The molecule has 0 heterocycles. The molecule has 0 spiro atoms. The zero-order chi connectivity index (χ0) is 18.6. The summed E-state index contributed by atoms with van der Waals surface area (Å²) in [7, 11) is 0. The van der Waals surface area contributed by atoms with Gasteiger partial charge in [-0.25, -0.2) is 0 Å². The summed E-state index contributed by atoms with van der Waals surface area (Å²) in [5.74, 6) is 0.0348. The SMILES string of the molecule is CCOC(=O)C(N)C(Oc1cc(C)c(C#N)c(C)c1)C(=N)C1CCC1. The molecule has 0 aromatic heterocycles. The first-order valence-electron chi connectivity index (χ1n) is 8.57. The molecule has 0 aliphatic heterocycles. The maximum Gasteiger partial charge on any atom is 0.327 e. The second-order valence-corrected chi connectivity index (χ2v) is 6.44. The van der Waals surface area contributed by atoms with Crippen LogP contribution < -0.4 is 10.5 Å². The van der Waals surface area contributed by atoms with Crippen molar-refractivity contribution in [3.63, 3.8) is 0 Å². The molecule has 0 radical (unpaired) electrons. The normalized spacial score (nSPS) is 16.3. The zero-order valence-corrected chi connectivity index (χ0v) is 15.0. The van der Waals surface area contributed by atoms with Gasteiger partial charge in [-0.2, -0.15) is 5.26 Å². The van der Waals surface area contributed by atoms with Gasteiger partial charge in [-0.1, -0.05) is 6.42 Å². The molecule has 3 N–H and O–H groups in total. The topological polar surface area (TPSA) is 109 Å². The van der Waals surface area contributed by atoms with E-state index in [1.807, 2.05) is 13.8 Å². The molecule has 2 atom stereocenters. The van der Waals surface area contributed by atoms with Crippen molar-refractivity contribution in [1.82, 2.24) is 0 Å². The molecule has 6 heteroatoms. The van der Waals surface area contributed by atoms with Crippen molar-refractivity contribution in [1.29, 1.82) is 10.7 Å². The van der Waals surface area contributed by atoms with Crippen molar-refractivity contribution in [3.05, 3.63) is 28.8 Å². The summed E-state index contributed by atoms with van der Waals surface area (Å²) >= 11 is 0. The molecule has 1 saturated carbocycles. The Morgan fingerprint density at radius 3 is 2.44 bits per heavy atom. The lowest BCUT2D eigenvalue weighted by Gasteiger charge is -2.33. The average molecular weight is 343 g/mol. The van der Waals surface area contributed by atoms with Crippen molar-refractivity contribution in [2.24, 2.45) is 11.7 Å². The van der Waals surface area contributed by atoms with Crippen LogP contribution in [0, 0.1) is 36.5 Å². The number of nitrogens with zero attached hydrogens (tertiary/aromatic N) is 1. The van der Waals surface area contributed by atoms with Crippen molar-refractivity contribution < 1.29 is 14.3 Å². The Morgan fingerprint density at radius 2 is 2.00 bits per heavy atom. The lowest BCUT2D eigenvalue weighted by molar-refractivity contribution is -0.146. The average Bonchev–Trinajstić information content (AvgIpc) is 2.50. The zero-order valence-electron chi connectivity index (χ0n) is 15.0. The number of nitriles is 1. The Kier molecular flexibility index (Phi) is 6.16. The van der Waals surface area contributed by atoms with Crippen molar-refractivity contribution in [3.8, 4) is 11.8 Å². The number of esters is 1. The Balaban J connectivity index is 2.28. The summed E-state index contributed by atoms with van der Waals surface area (Å²) in [5.41, 5.74) is 8.57. The van der Waals surface area contributed by atoms with Crippen LogP contribution in [-0.4, -0.2) is 30.4 Å². The van der Waals surface area contributed by atoms with E-state index in [1.54, 1.807) is 19.1 Å². The van der Waals surface area contributed by atoms with Crippen LogP contribution in [-0.2, 0) is 9.53 Å². The second-order valence-electron chi connectivity index (χ2n) is 6.44. The van der Waals surface area contributed by atoms with E-state index >= 15 is 0 Å². The highest BCUT2D eigenvalue weighted by Crippen LogP contribution is 2.31. The fourth-order valence-corrected chi connectivity index (χ4v) is 2.96. The first-order valence-corrected chi connectivity index (χ1v) is 8.57. The van der Waals surface area contributed by atoms with Gasteiger partial charge in [0.1, 0.15) is 11.8 Å². The molecule has 1 aromatic carbocycles. The minimum absolute atomic E-state index is 0.103. The number of benzene rings is 1. The Labute approximate surface area is 148 Å². The highest BCUT2D eigenvalue weighted by molar-refractivity contribution is 5.94. The molecular formula is C19H25N3O3. The summed E-state index contributed by atoms with van der Waals surface area (Å²) in [5, 5.41) is 17.6. The lowest BCUT2D eigenvalue weighted by Crippen LogP contribution is -2.52. The van der Waals surface area contributed by atoms with E-state index in [-0.39, 0.29) is 12.5 Å². The quantitative estimate of drug-likeness (QED) is 0.584. The van der Waals surface area contributed by atoms with Crippen molar-refractivity contribution in [2.75, 3.05) is 6.61 Å². The summed E-state index contributed by atoms with van der Waals surface area (Å²) in [6, 6.07) is 4.59. The smallest absolute Gasteiger partial charge is 0.327 e. The molecule has 2 unspecified atom stereocenters. The minimum Gasteiger partial charge on any atom is -0.482 e. The maximum atomic E-state index is 12.1. The standard InChI is InChI=1S/C19H25N3O3/c1-4-24-19(23)17(22)18(16(21)13-6-5-7-13)25-14-8-11(2)15(10-20)12(3)9-14/h8-9,13,17-18,21H,4-7,22H2,1-3H3. The number of aryl methyl sites for hydroxylation is 2. The monoisotopic (exact) mass is 343 g/mol. The molecule has 0 saturated heterocycles. The van der Waals surface area contributed by atoms with Gasteiger partial charge in [0.2, 0.25) is 0 Å². The van der Waals surface area contributed by atoms with Gasteiger partial charge in [-0.05, 0) is 56.9 Å². The van der Waals surface area contributed by atoms with Crippen molar-refractivity contribution in [2.45, 2.75) is 52.2 Å². The number of hydrogen-bond donors (Lipinski definition) is 2. The number of nitrogens with one attached hydrogen (secondary N) is 1. The number of carbonyl (C=O) groups excluding carboxylic acids is 1. The van der Waals surface area contributed by atoms with Crippen molar-refractivity contribution >= 4 is 11.7 Å². The molecule has 25 heavy (non-hydrogen) atoms. The first kappa shape index (κ1) is 18.9. The molecule has 0 bridgehead atoms. The van der Waals surface area contributed by atoms with Gasteiger partial charge < -0.3 is 20.6 Å². The van der Waals surface area contributed by atoms with Crippen LogP contribution in [0.4, 0.5) is 0 Å². The van der Waals surface area contributed by atoms with E-state index in [4.69, 9.17) is 20.6 Å². The number of hydrogen-bond acceptors (Lipinski definition) is 6. The van der Waals surface area contributed by atoms with Crippen LogP contribution in [0.3, 0.4) is 0 Å². The van der Waals surface area contributed by atoms with E-state index < -0.39 is 18.1 Å². The summed E-state index contributed by atoms with van der Waals surface area (Å²) in [6.07, 6.45) is 2.04. The van der Waals surface area contributed by atoms with Crippen LogP contribution in [0.25, 0.3) is 0 Å². The van der Waals surface area contributed by atoms with E-state index in [2.05, 4.69) is 6.07 Å². The van der Waals surface area contributed by atoms with Gasteiger partial charge in [-0.15, -0.1) is 0 Å². The highest BCUT2D eigenvalue weighted by Gasteiger charge is 2.37. The predicted octanol–water partition coefficient (Wildman–Crippen LogP) is 2.63. The minimum atomic E-state index is -1.05. The third-order valence-corrected chi connectivity index (χ3v) is 4.62. The van der Waals surface area contributed by atoms with Crippen LogP contribution in [0.15, 0.2) is 12.1 Å². The molecule has 1 aromatic rings. The van der Waals surface area contributed by atoms with E-state index in [0.29, 0.717) is 17.0 Å². The summed E-state index contributed by atoms with van der Waals surface area (Å²) in [6.45, 7) is 5.60. The molecule has 1 aliphatic carbocycles. The van der Waals surface area contributed by atoms with Gasteiger partial charge in [0, 0.05) is 5.92 Å². The fraction of sp³-hybridized carbons (Fsp3) is 0.526. The molecule has 134 valence electrons. The van der Waals surface area contributed by atoms with Crippen LogP contribution >= 0.6 is 0 Å². The molecular weight excluding hydrogens is 318 g/mol. The predicted molar refractivity (Wildman–Crippen MR) is 94.7 cm³/mol.